The van der Waals surface area contributed by atoms with Gasteiger partial charge in [-0.2, -0.15) is 0 Å². The summed E-state index contributed by atoms with van der Waals surface area (Å²) < 4.78 is 0. The highest BCUT2D eigenvalue weighted by Crippen LogP contribution is 2.49. The van der Waals surface area contributed by atoms with Crippen LogP contribution in [0.5, 0.6) is 0 Å². The number of nitrogens with zero attached hydrogens (tertiary/aromatic N) is 1. The van der Waals surface area contributed by atoms with Crippen LogP contribution in [-0.4, -0.2) is 29.6 Å². The van der Waals surface area contributed by atoms with Gasteiger partial charge in [-0.1, -0.05) is 27.2 Å². The highest BCUT2D eigenvalue weighted by molar-refractivity contribution is 5.84. The molecule has 3 rings (SSSR count). The van der Waals surface area contributed by atoms with E-state index in [1.165, 1.54) is 25.7 Å². The molecule has 0 bridgehead atoms. The van der Waals surface area contributed by atoms with Gasteiger partial charge in [-0.3, -0.25) is 10.1 Å². The van der Waals surface area contributed by atoms with Crippen LogP contribution in [0.3, 0.4) is 0 Å². The molecule has 0 spiro atoms. The fraction of sp³-hybridized carbons (Fsp3) is 0.941. The van der Waals surface area contributed by atoms with Gasteiger partial charge in [0.25, 0.3) is 0 Å². The molecule has 0 radical (unpaired) electrons. The van der Waals surface area contributed by atoms with Gasteiger partial charge in [0.05, 0.1) is 12.2 Å². The zero-order valence-electron chi connectivity index (χ0n) is 13.3. The summed E-state index contributed by atoms with van der Waals surface area (Å²) in [6.07, 6.45) is 8.15. The number of rotatable bonds is 7. The Balaban J connectivity index is 1.68. The first-order chi connectivity index (χ1) is 9.61. The van der Waals surface area contributed by atoms with E-state index < -0.39 is 0 Å². The maximum Gasteiger partial charge on any atom is 0.241 e. The van der Waals surface area contributed by atoms with Gasteiger partial charge in [0, 0.05) is 6.54 Å². The quantitative estimate of drug-likeness (QED) is 0.776. The van der Waals surface area contributed by atoms with Crippen molar-refractivity contribution in [3.63, 3.8) is 0 Å². The summed E-state index contributed by atoms with van der Waals surface area (Å²) in [4.78, 5) is 14.9. The third-order valence-corrected chi connectivity index (χ3v) is 5.39. The first-order valence-electron chi connectivity index (χ1n) is 8.68. The predicted octanol–water partition coefficient (Wildman–Crippen LogP) is 3.01. The first-order valence-corrected chi connectivity index (χ1v) is 8.68. The fourth-order valence-electron chi connectivity index (χ4n) is 3.87. The number of hydrogen-bond donors (Lipinski definition) is 1. The number of carbonyl (C=O) groups is 1. The molecule has 2 unspecified atom stereocenters. The van der Waals surface area contributed by atoms with Crippen molar-refractivity contribution < 1.29 is 4.79 Å². The summed E-state index contributed by atoms with van der Waals surface area (Å²) in [5.41, 5.74) is 0. The largest absolute Gasteiger partial charge is 0.325 e. The van der Waals surface area contributed by atoms with Crippen molar-refractivity contribution in [2.45, 2.75) is 71.5 Å². The number of hydrogen-bond acceptors (Lipinski definition) is 2. The summed E-state index contributed by atoms with van der Waals surface area (Å²) in [6.45, 7) is 7.55. The second kappa shape index (κ2) is 5.67. The molecule has 0 aromatic heterocycles. The van der Waals surface area contributed by atoms with Crippen LogP contribution in [0, 0.1) is 23.7 Å². The molecule has 0 aromatic rings. The molecule has 1 aliphatic heterocycles. The Morgan fingerprint density at radius 2 is 1.80 bits per heavy atom. The van der Waals surface area contributed by atoms with Crippen LogP contribution in [0.15, 0.2) is 0 Å². The van der Waals surface area contributed by atoms with Crippen molar-refractivity contribution in [1.82, 2.24) is 10.2 Å². The molecule has 2 saturated carbocycles. The van der Waals surface area contributed by atoms with Gasteiger partial charge in [-0.05, 0) is 55.8 Å². The first kappa shape index (κ1) is 14.4. The Kier molecular flexibility index (Phi) is 4.07. The Labute approximate surface area is 123 Å². The van der Waals surface area contributed by atoms with Gasteiger partial charge < -0.3 is 4.90 Å². The normalized spacial score (nSPS) is 30.9. The molecular weight excluding hydrogens is 248 g/mol. The maximum atomic E-state index is 12.7. The van der Waals surface area contributed by atoms with Crippen LogP contribution in [0.1, 0.15) is 59.3 Å². The lowest BCUT2D eigenvalue weighted by atomic mass is 9.96. The van der Waals surface area contributed by atoms with Gasteiger partial charge in [0.1, 0.15) is 0 Å². The molecule has 20 heavy (non-hydrogen) atoms. The molecule has 3 heteroatoms. The smallest absolute Gasteiger partial charge is 0.241 e. The van der Waals surface area contributed by atoms with E-state index in [0.29, 0.717) is 18.0 Å². The van der Waals surface area contributed by atoms with Crippen molar-refractivity contribution in [3.8, 4) is 0 Å². The van der Waals surface area contributed by atoms with Gasteiger partial charge in [0.2, 0.25) is 5.91 Å². The predicted molar refractivity (Wildman–Crippen MR) is 81.1 cm³/mol. The minimum absolute atomic E-state index is 0.0469. The molecule has 2 aliphatic carbocycles. The second-order valence-corrected chi connectivity index (χ2v) is 7.52. The third kappa shape index (κ3) is 2.88. The molecule has 1 amide bonds. The van der Waals surface area contributed by atoms with E-state index in [4.69, 9.17) is 0 Å². The summed E-state index contributed by atoms with van der Waals surface area (Å²) in [6, 6.07) is 0.0469. The molecule has 1 N–H and O–H groups in total. The maximum absolute atomic E-state index is 12.7. The van der Waals surface area contributed by atoms with Crippen LogP contribution < -0.4 is 5.32 Å². The number of amides is 1. The summed E-state index contributed by atoms with van der Waals surface area (Å²) in [5, 5.41) is 3.59. The van der Waals surface area contributed by atoms with Crippen LogP contribution in [0.4, 0.5) is 0 Å². The summed E-state index contributed by atoms with van der Waals surface area (Å²) >= 11 is 0. The lowest BCUT2D eigenvalue weighted by molar-refractivity contribution is -0.131. The van der Waals surface area contributed by atoms with E-state index in [1.54, 1.807) is 0 Å². The molecule has 1 heterocycles. The second-order valence-electron chi connectivity index (χ2n) is 7.52. The minimum atomic E-state index is 0.0469. The van der Waals surface area contributed by atoms with E-state index in [1.807, 2.05) is 0 Å². The molecule has 3 aliphatic rings. The van der Waals surface area contributed by atoms with E-state index in [2.05, 4.69) is 31.0 Å². The lowest BCUT2D eigenvalue weighted by Gasteiger charge is -2.29. The van der Waals surface area contributed by atoms with E-state index in [9.17, 15) is 4.79 Å². The van der Waals surface area contributed by atoms with Gasteiger partial charge in [0.15, 0.2) is 0 Å². The number of nitrogens with one attached hydrogen (secondary N) is 1. The average Bonchev–Trinajstić information content (AvgIpc) is 3.28. The van der Waals surface area contributed by atoms with Crippen molar-refractivity contribution in [2.75, 3.05) is 6.54 Å². The van der Waals surface area contributed by atoms with Crippen molar-refractivity contribution in [1.29, 1.82) is 0 Å². The molecule has 0 aromatic carbocycles. The Hall–Kier alpha value is -0.570. The number of carbonyl (C=O) groups excluding carboxylic acids is 1. The van der Waals surface area contributed by atoms with E-state index >= 15 is 0 Å². The summed E-state index contributed by atoms with van der Waals surface area (Å²) in [7, 11) is 0. The highest BCUT2D eigenvalue weighted by Gasteiger charge is 2.46. The molecular formula is C17H30N2O. The average molecular weight is 278 g/mol. The zero-order chi connectivity index (χ0) is 14.3. The van der Waals surface area contributed by atoms with Crippen LogP contribution >= 0.6 is 0 Å². The Morgan fingerprint density at radius 3 is 2.25 bits per heavy atom. The zero-order valence-corrected chi connectivity index (χ0v) is 13.3. The third-order valence-electron chi connectivity index (χ3n) is 5.39. The van der Waals surface area contributed by atoms with Gasteiger partial charge >= 0.3 is 0 Å². The van der Waals surface area contributed by atoms with E-state index in [0.717, 1.165) is 37.1 Å². The van der Waals surface area contributed by atoms with Crippen LogP contribution in [0.2, 0.25) is 0 Å². The Bertz CT molecular complexity index is 348. The molecule has 114 valence electrons. The molecule has 3 fully saturated rings. The minimum Gasteiger partial charge on any atom is -0.325 e. The van der Waals surface area contributed by atoms with E-state index in [-0.39, 0.29) is 6.04 Å². The van der Waals surface area contributed by atoms with Gasteiger partial charge in [-0.25, -0.2) is 0 Å². The summed E-state index contributed by atoms with van der Waals surface area (Å²) in [5.74, 6) is 3.41. The topological polar surface area (TPSA) is 32.3 Å². The van der Waals surface area contributed by atoms with Crippen molar-refractivity contribution in [3.05, 3.63) is 0 Å². The van der Waals surface area contributed by atoms with Gasteiger partial charge in [-0.15, -0.1) is 0 Å². The molecule has 3 nitrogen and oxygen atoms in total. The van der Waals surface area contributed by atoms with Crippen LogP contribution in [-0.2, 0) is 4.79 Å². The van der Waals surface area contributed by atoms with Crippen molar-refractivity contribution >= 4 is 5.91 Å². The monoisotopic (exact) mass is 278 g/mol. The van der Waals surface area contributed by atoms with Crippen molar-refractivity contribution in [2.24, 2.45) is 23.7 Å². The van der Waals surface area contributed by atoms with Crippen LogP contribution in [0.25, 0.3) is 0 Å². The SMILES string of the molecule is CCCC1NC(C(C)C)C(=O)N1CC(C1CC1)C1CC1. The fourth-order valence-corrected chi connectivity index (χ4v) is 3.87. The highest BCUT2D eigenvalue weighted by atomic mass is 16.2. The Morgan fingerprint density at radius 1 is 1.20 bits per heavy atom. The lowest BCUT2D eigenvalue weighted by Crippen LogP contribution is -2.41. The standard InChI is InChI=1S/C17H30N2O/c1-4-5-15-18-16(11(2)3)17(20)19(15)10-14(12-6-7-12)13-8-9-13/h11-16,18H,4-10H2,1-3H3. The molecule has 2 atom stereocenters. The molecule has 1 saturated heterocycles.